The summed E-state index contributed by atoms with van der Waals surface area (Å²) < 4.78 is 5.30. The molecule has 1 rings (SSSR count). The highest BCUT2D eigenvalue weighted by Gasteiger charge is 1.99. The van der Waals surface area contributed by atoms with Crippen molar-refractivity contribution < 1.29 is 4.74 Å². The Morgan fingerprint density at radius 2 is 2.29 bits per heavy atom. The van der Waals surface area contributed by atoms with E-state index in [-0.39, 0.29) is 5.84 Å². The van der Waals surface area contributed by atoms with Gasteiger partial charge in [-0.1, -0.05) is 13.3 Å². The Hall–Kier alpha value is -1.65. The van der Waals surface area contributed by atoms with Crippen LogP contribution in [0.2, 0.25) is 0 Å². The molecule has 0 aliphatic rings. The number of nitrogens with zero attached hydrogens (tertiary/aromatic N) is 2. The summed E-state index contributed by atoms with van der Waals surface area (Å²) in [5, 5.41) is 7.11. The second-order valence-corrected chi connectivity index (χ2v) is 2.86. The molecule has 5 nitrogen and oxygen atoms in total. The lowest BCUT2D eigenvalue weighted by Gasteiger charge is -2.03. The summed E-state index contributed by atoms with van der Waals surface area (Å²) in [6, 6.07) is 0. The highest BCUT2D eigenvalue weighted by atomic mass is 16.5. The van der Waals surface area contributed by atoms with Gasteiger partial charge in [-0.25, -0.2) is 9.97 Å². The van der Waals surface area contributed by atoms with Gasteiger partial charge < -0.3 is 10.5 Å². The van der Waals surface area contributed by atoms with Crippen molar-refractivity contribution in [2.24, 2.45) is 5.73 Å². The van der Waals surface area contributed by atoms with Crippen molar-refractivity contribution >= 4 is 5.84 Å². The third-order valence-electron chi connectivity index (χ3n) is 1.65. The van der Waals surface area contributed by atoms with Crippen LogP contribution in [0, 0.1) is 5.41 Å². The average molecular weight is 194 g/mol. The number of hydrogen-bond acceptors (Lipinski definition) is 4. The molecule has 1 heterocycles. The first kappa shape index (κ1) is 10.4. The summed E-state index contributed by atoms with van der Waals surface area (Å²) in [5.41, 5.74) is 5.59. The molecule has 0 saturated heterocycles. The van der Waals surface area contributed by atoms with E-state index >= 15 is 0 Å². The molecule has 0 bridgehead atoms. The van der Waals surface area contributed by atoms with E-state index in [1.807, 2.05) is 0 Å². The molecule has 3 N–H and O–H groups in total. The van der Waals surface area contributed by atoms with Crippen molar-refractivity contribution in [1.82, 2.24) is 9.97 Å². The zero-order valence-corrected chi connectivity index (χ0v) is 8.16. The van der Waals surface area contributed by atoms with Crippen LogP contribution < -0.4 is 10.5 Å². The molecule has 0 aromatic carbocycles. The Balaban J connectivity index is 2.51. The van der Waals surface area contributed by atoms with E-state index in [0.717, 1.165) is 12.8 Å². The van der Waals surface area contributed by atoms with Gasteiger partial charge in [0.05, 0.1) is 19.0 Å². The fraction of sp³-hybridized carbons (Fsp3) is 0.444. The molecule has 1 aromatic rings. The van der Waals surface area contributed by atoms with Gasteiger partial charge in [-0.15, -0.1) is 0 Å². The van der Waals surface area contributed by atoms with Gasteiger partial charge in [0.2, 0.25) is 5.88 Å². The molecule has 0 aliphatic carbocycles. The van der Waals surface area contributed by atoms with Crippen LogP contribution in [-0.2, 0) is 0 Å². The molecular formula is C9H14N4O. The Kier molecular flexibility index (Phi) is 3.84. The zero-order chi connectivity index (χ0) is 10.4. The van der Waals surface area contributed by atoms with Crippen molar-refractivity contribution in [2.45, 2.75) is 19.8 Å². The standard InChI is InChI=1S/C9H14N4O/c1-2-3-4-14-8-6-12-7(5-13-8)9(10)11/h5-6H,2-4H2,1H3,(H3,10,11). The van der Waals surface area contributed by atoms with Crippen LogP contribution in [-0.4, -0.2) is 22.4 Å². The Bertz CT molecular complexity index is 296. The normalized spacial score (nSPS) is 9.79. The molecule has 0 amide bonds. The van der Waals surface area contributed by atoms with Gasteiger partial charge >= 0.3 is 0 Å². The zero-order valence-electron chi connectivity index (χ0n) is 8.16. The van der Waals surface area contributed by atoms with Gasteiger partial charge in [0.25, 0.3) is 0 Å². The monoisotopic (exact) mass is 194 g/mol. The predicted octanol–water partition coefficient (Wildman–Crippen LogP) is 0.940. The topological polar surface area (TPSA) is 84.9 Å². The van der Waals surface area contributed by atoms with Crippen molar-refractivity contribution in [1.29, 1.82) is 5.41 Å². The summed E-state index contributed by atoms with van der Waals surface area (Å²) in [4.78, 5) is 7.89. The molecular weight excluding hydrogens is 180 g/mol. The Labute approximate surface area is 82.8 Å². The minimum atomic E-state index is -0.0855. The van der Waals surface area contributed by atoms with E-state index in [1.165, 1.54) is 12.4 Å². The summed E-state index contributed by atoms with van der Waals surface area (Å²) in [7, 11) is 0. The summed E-state index contributed by atoms with van der Waals surface area (Å²) in [5.74, 6) is 0.390. The summed E-state index contributed by atoms with van der Waals surface area (Å²) in [6.45, 7) is 2.73. The van der Waals surface area contributed by atoms with Gasteiger partial charge in [-0.2, -0.15) is 0 Å². The van der Waals surface area contributed by atoms with E-state index in [2.05, 4.69) is 16.9 Å². The van der Waals surface area contributed by atoms with Crippen molar-refractivity contribution in [3.05, 3.63) is 18.1 Å². The number of ether oxygens (including phenoxy) is 1. The molecule has 76 valence electrons. The lowest BCUT2D eigenvalue weighted by molar-refractivity contribution is 0.296. The lowest BCUT2D eigenvalue weighted by atomic mass is 10.4. The highest BCUT2D eigenvalue weighted by molar-refractivity contribution is 5.92. The number of unbranched alkanes of at least 4 members (excludes halogenated alkanes) is 1. The summed E-state index contributed by atoms with van der Waals surface area (Å²) in [6.07, 6.45) is 4.99. The van der Waals surface area contributed by atoms with Crippen molar-refractivity contribution in [3.8, 4) is 5.88 Å². The van der Waals surface area contributed by atoms with Crippen LogP contribution in [0.25, 0.3) is 0 Å². The number of nitrogen functional groups attached to an aromatic ring is 1. The van der Waals surface area contributed by atoms with Gasteiger partial charge in [-0.3, -0.25) is 5.41 Å². The number of hydrogen-bond donors (Lipinski definition) is 2. The third kappa shape index (κ3) is 3.01. The molecule has 0 atom stereocenters. The molecule has 0 aliphatic heterocycles. The fourth-order valence-electron chi connectivity index (χ4n) is 0.851. The smallest absolute Gasteiger partial charge is 0.232 e. The number of nitrogens with two attached hydrogens (primary N) is 1. The SMILES string of the molecule is CCCCOc1cnc(C(=N)N)cn1. The minimum absolute atomic E-state index is 0.0855. The lowest BCUT2D eigenvalue weighted by Crippen LogP contribution is -2.13. The van der Waals surface area contributed by atoms with E-state index in [1.54, 1.807) is 0 Å². The fourth-order valence-corrected chi connectivity index (χ4v) is 0.851. The molecule has 0 radical (unpaired) electrons. The molecule has 14 heavy (non-hydrogen) atoms. The molecule has 0 spiro atoms. The largest absolute Gasteiger partial charge is 0.477 e. The molecule has 1 aromatic heterocycles. The van der Waals surface area contributed by atoms with Crippen LogP contribution in [0.4, 0.5) is 0 Å². The number of rotatable bonds is 5. The molecule has 5 heteroatoms. The van der Waals surface area contributed by atoms with E-state index in [9.17, 15) is 0 Å². The number of aromatic nitrogens is 2. The second kappa shape index (κ2) is 5.16. The van der Waals surface area contributed by atoms with Gasteiger partial charge in [-0.05, 0) is 6.42 Å². The molecule has 0 saturated carbocycles. The van der Waals surface area contributed by atoms with Crippen LogP contribution in [0.15, 0.2) is 12.4 Å². The Morgan fingerprint density at radius 1 is 1.50 bits per heavy atom. The Morgan fingerprint density at radius 3 is 2.79 bits per heavy atom. The quantitative estimate of drug-likeness (QED) is 0.415. The number of nitrogens with one attached hydrogen (secondary N) is 1. The van der Waals surface area contributed by atoms with Crippen LogP contribution in [0.5, 0.6) is 5.88 Å². The van der Waals surface area contributed by atoms with Crippen LogP contribution in [0.3, 0.4) is 0 Å². The minimum Gasteiger partial charge on any atom is -0.477 e. The predicted molar refractivity (Wildman–Crippen MR) is 53.5 cm³/mol. The van der Waals surface area contributed by atoms with Crippen molar-refractivity contribution in [2.75, 3.05) is 6.61 Å². The maximum atomic E-state index is 7.11. The van der Waals surface area contributed by atoms with Gasteiger partial charge in [0.1, 0.15) is 11.5 Å². The van der Waals surface area contributed by atoms with E-state index in [0.29, 0.717) is 18.2 Å². The molecule has 0 unspecified atom stereocenters. The maximum absolute atomic E-state index is 7.11. The summed E-state index contributed by atoms with van der Waals surface area (Å²) >= 11 is 0. The van der Waals surface area contributed by atoms with E-state index < -0.39 is 0 Å². The highest BCUT2D eigenvalue weighted by Crippen LogP contribution is 2.04. The first-order valence-corrected chi connectivity index (χ1v) is 4.53. The van der Waals surface area contributed by atoms with Gasteiger partial charge in [0.15, 0.2) is 0 Å². The first-order chi connectivity index (χ1) is 6.74. The average Bonchev–Trinajstić information content (AvgIpc) is 2.19. The maximum Gasteiger partial charge on any atom is 0.232 e. The van der Waals surface area contributed by atoms with Crippen molar-refractivity contribution in [3.63, 3.8) is 0 Å². The first-order valence-electron chi connectivity index (χ1n) is 4.53. The third-order valence-corrected chi connectivity index (χ3v) is 1.65. The number of amidine groups is 1. The van der Waals surface area contributed by atoms with E-state index in [4.69, 9.17) is 15.9 Å². The second-order valence-electron chi connectivity index (χ2n) is 2.86. The van der Waals surface area contributed by atoms with Crippen LogP contribution >= 0.6 is 0 Å². The molecule has 0 fully saturated rings. The van der Waals surface area contributed by atoms with Crippen LogP contribution in [0.1, 0.15) is 25.5 Å². The van der Waals surface area contributed by atoms with Gasteiger partial charge in [0, 0.05) is 0 Å².